The molecular weight excluding hydrogens is 399 g/mol. The molecule has 1 aliphatic heterocycles. The summed E-state index contributed by atoms with van der Waals surface area (Å²) in [5, 5.41) is 13.1. The molecule has 0 spiro atoms. The molecule has 0 radical (unpaired) electrons. The molecule has 2 aromatic rings. The summed E-state index contributed by atoms with van der Waals surface area (Å²) in [4.78, 5) is 16.2. The van der Waals surface area contributed by atoms with E-state index in [-0.39, 0.29) is 25.0 Å². The van der Waals surface area contributed by atoms with Gasteiger partial charge >= 0.3 is 6.18 Å². The van der Waals surface area contributed by atoms with Crippen molar-refractivity contribution in [2.45, 2.75) is 25.2 Å². The maximum absolute atomic E-state index is 13.3. The van der Waals surface area contributed by atoms with E-state index in [9.17, 15) is 18.0 Å². The summed E-state index contributed by atoms with van der Waals surface area (Å²) < 4.78 is 46.8. The molecule has 1 aromatic carbocycles. The van der Waals surface area contributed by atoms with Crippen molar-refractivity contribution in [2.24, 2.45) is 0 Å². The average Bonchev–Trinajstić information content (AvgIpc) is 3.25. The third kappa shape index (κ3) is 4.91. The van der Waals surface area contributed by atoms with Gasteiger partial charge in [0.25, 0.3) is 0 Å². The van der Waals surface area contributed by atoms with Gasteiger partial charge in [0.05, 0.1) is 29.8 Å². The molecule has 2 heterocycles. The van der Waals surface area contributed by atoms with Crippen LogP contribution in [0.1, 0.15) is 17.5 Å². The Bertz CT molecular complexity index is 908. The number of aromatic nitrogens is 2. The zero-order chi connectivity index (χ0) is 21.7. The molecule has 1 fully saturated rings. The molecule has 0 aliphatic carbocycles. The van der Waals surface area contributed by atoms with Crippen LogP contribution in [0, 0.1) is 11.3 Å². The summed E-state index contributed by atoms with van der Waals surface area (Å²) >= 11 is 0. The molecule has 0 N–H and O–H groups in total. The Kier molecular flexibility index (Phi) is 6.62. The average molecular weight is 421 g/mol. The number of carbonyl (C=O) groups is 1. The Morgan fingerprint density at radius 2 is 2.17 bits per heavy atom. The van der Waals surface area contributed by atoms with Crippen LogP contribution in [-0.2, 0) is 22.3 Å². The third-order valence-electron chi connectivity index (χ3n) is 5.07. The number of aryl methyl sites for hydroxylation is 1. The number of hydrogen-bond donors (Lipinski definition) is 0. The largest absolute Gasteiger partial charge is 0.417 e. The maximum Gasteiger partial charge on any atom is 0.417 e. The minimum Gasteiger partial charge on any atom is -0.382 e. The molecule has 0 saturated carbocycles. The third-order valence-corrected chi connectivity index (χ3v) is 5.07. The van der Waals surface area contributed by atoms with Crippen molar-refractivity contribution in [3.8, 4) is 6.07 Å². The van der Waals surface area contributed by atoms with Crippen molar-refractivity contribution in [3.63, 3.8) is 0 Å². The van der Waals surface area contributed by atoms with Gasteiger partial charge < -0.3 is 14.5 Å². The second-order valence-corrected chi connectivity index (χ2v) is 7.00. The van der Waals surface area contributed by atoms with E-state index >= 15 is 0 Å². The van der Waals surface area contributed by atoms with E-state index in [1.807, 2.05) is 0 Å². The van der Waals surface area contributed by atoms with Crippen LogP contribution >= 0.6 is 0 Å². The first kappa shape index (κ1) is 21.6. The molecule has 0 bridgehead atoms. The van der Waals surface area contributed by atoms with Crippen molar-refractivity contribution in [3.05, 3.63) is 47.8 Å². The predicted molar refractivity (Wildman–Crippen MR) is 103 cm³/mol. The topological polar surface area (TPSA) is 74.4 Å². The number of benzene rings is 1. The number of anilines is 1. The molecule has 1 unspecified atom stereocenters. The van der Waals surface area contributed by atoms with Crippen LogP contribution in [0.5, 0.6) is 0 Å². The summed E-state index contributed by atoms with van der Waals surface area (Å²) in [5.41, 5.74) is -0.998. The normalized spacial score (nSPS) is 17.1. The van der Waals surface area contributed by atoms with Crippen molar-refractivity contribution >= 4 is 11.6 Å². The van der Waals surface area contributed by atoms with Gasteiger partial charge in [0.15, 0.2) is 0 Å². The lowest BCUT2D eigenvalue weighted by Gasteiger charge is -2.42. The highest BCUT2D eigenvalue weighted by atomic mass is 19.4. The second-order valence-electron chi connectivity index (χ2n) is 7.00. The number of rotatable bonds is 6. The molecule has 1 amide bonds. The van der Waals surface area contributed by atoms with Crippen molar-refractivity contribution < 1.29 is 22.7 Å². The van der Waals surface area contributed by atoms with E-state index < -0.39 is 17.3 Å². The minimum atomic E-state index is -4.61. The van der Waals surface area contributed by atoms with Crippen LogP contribution in [0.15, 0.2) is 36.7 Å². The molecule has 10 heteroatoms. The Morgan fingerprint density at radius 1 is 1.37 bits per heavy atom. The van der Waals surface area contributed by atoms with Crippen LogP contribution < -0.4 is 4.90 Å². The van der Waals surface area contributed by atoms with Crippen LogP contribution in [0.4, 0.5) is 18.9 Å². The highest BCUT2D eigenvalue weighted by Crippen LogP contribution is 2.35. The lowest BCUT2D eigenvalue weighted by atomic mass is 10.0. The van der Waals surface area contributed by atoms with E-state index in [1.165, 1.54) is 19.2 Å². The van der Waals surface area contributed by atoms with Gasteiger partial charge in [0, 0.05) is 57.8 Å². The molecule has 1 aromatic heterocycles. The van der Waals surface area contributed by atoms with E-state index in [0.717, 1.165) is 6.07 Å². The van der Waals surface area contributed by atoms with Gasteiger partial charge in [-0.1, -0.05) is 0 Å². The van der Waals surface area contributed by atoms with Crippen molar-refractivity contribution in [2.75, 3.05) is 38.3 Å². The number of alkyl halides is 3. The highest BCUT2D eigenvalue weighted by Gasteiger charge is 2.35. The molecule has 1 atom stereocenters. The smallest absolute Gasteiger partial charge is 0.382 e. The fourth-order valence-electron chi connectivity index (χ4n) is 3.60. The number of nitriles is 1. The van der Waals surface area contributed by atoms with Gasteiger partial charge in [0.1, 0.15) is 0 Å². The molecule has 7 nitrogen and oxygen atoms in total. The number of amides is 1. The molecule has 1 saturated heterocycles. The quantitative estimate of drug-likeness (QED) is 0.717. The Labute approximate surface area is 172 Å². The number of ether oxygens (including phenoxy) is 1. The van der Waals surface area contributed by atoms with Gasteiger partial charge in [-0.3, -0.25) is 9.48 Å². The minimum absolute atomic E-state index is 0.0528. The van der Waals surface area contributed by atoms with Crippen LogP contribution in [0.2, 0.25) is 0 Å². The van der Waals surface area contributed by atoms with Gasteiger partial charge in [-0.05, 0) is 24.3 Å². The zero-order valence-electron chi connectivity index (χ0n) is 16.5. The summed E-state index contributed by atoms with van der Waals surface area (Å²) in [6, 6.07) is 6.77. The maximum atomic E-state index is 13.3. The lowest BCUT2D eigenvalue weighted by Crippen LogP contribution is -2.57. The van der Waals surface area contributed by atoms with Crippen LogP contribution in [0.3, 0.4) is 0 Å². The Balaban J connectivity index is 1.73. The van der Waals surface area contributed by atoms with E-state index in [4.69, 9.17) is 10.00 Å². The Hall–Kier alpha value is -3.06. The number of methoxy groups -OCH3 is 1. The number of piperazine rings is 1. The number of hydrogen-bond acceptors (Lipinski definition) is 5. The monoisotopic (exact) mass is 421 g/mol. The summed E-state index contributed by atoms with van der Waals surface area (Å²) in [6.07, 6.45) is -0.918. The van der Waals surface area contributed by atoms with Gasteiger partial charge in [-0.25, -0.2) is 0 Å². The fraction of sp³-hybridized carbons (Fsp3) is 0.450. The van der Waals surface area contributed by atoms with E-state index in [2.05, 4.69) is 5.10 Å². The molecule has 30 heavy (non-hydrogen) atoms. The van der Waals surface area contributed by atoms with Gasteiger partial charge in [-0.15, -0.1) is 0 Å². The zero-order valence-corrected chi connectivity index (χ0v) is 16.5. The molecular formula is C20H22F3N5O2. The molecule has 3 rings (SSSR count). The lowest BCUT2D eigenvalue weighted by molar-refractivity contribution is -0.137. The fourth-order valence-corrected chi connectivity index (χ4v) is 3.60. The van der Waals surface area contributed by atoms with Gasteiger partial charge in [0.2, 0.25) is 5.91 Å². The number of halogens is 3. The standard InChI is InChI=1S/C20H22F3N5O2/c1-30-14-17-13-26(16-4-3-15(12-24)18(11-16)20(21,22)23)9-10-28(17)19(29)5-8-27-7-2-6-25-27/h2-4,6-7,11,17H,5,8-10,13-14H2,1H3. The second kappa shape index (κ2) is 9.17. The summed E-state index contributed by atoms with van der Waals surface area (Å²) in [7, 11) is 1.52. The SMILES string of the molecule is COCC1CN(c2ccc(C#N)c(C(F)(F)F)c2)CCN1C(=O)CCn1cccn1. The highest BCUT2D eigenvalue weighted by molar-refractivity contribution is 5.77. The van der Waals surface area contributed by atoms with Crippen molar-refractivity contribution in [1.82, 2.24) is 14.7 Å². The first-order valence-electron chi connectivity index (χ1n) is 9.45. The summed E-state index contributed by atoms with van der Waals surface area (Å²) in [5.74, 6) is -0.0528. The number of carbonyl (C=O) groups excluding carboxylic acids is 1. The van der Waals surface area contributed by atoms with E-state index in [1.54, 1.807) is 39.0 Å². The first-order valence-corrected chi connectivity index (χ1v) is 9.45. The number of nitrogens with zero attached hydrogens (tertiary/aromatic N) is 5. The molecule has 160 valence electrons. The van der Waals surface area contributed by atoms with Crippen LogP contribution in [0.25, 0.3) is 0 Å². The Morgan fingerprint density at radius 3 is 2.80 bits per heavy atom. The van der Waals surface area contributed by atoms with E-state index in [0.29, 0.717) is 31.9 Å². The van der Waals surface area contributed by atoms with Crippen LogP contribution in [-0.4, -0.2) is 60.0 Å². The molecule has 1 aliphatic rings. The summed E-state index contributed by atoms with van der Waals surface area (Å²) in [6.45, 7) is 1.82. The first-order chi connectivity index (χ1) is 14.3. The predicted octanol–water partition coefficient (Wildman–Crippen LogP) is 2.53. The van der Waals surface area contributed by atoms with Gasteiger partial charge in [-0.2, -0.15) is 23.5 Å². The van der Waals surface area contributed by atoms with Crippen molar-refractivity contribution in [1.29, 1.82) is 5.26 Å².